The third-order valence-electron chi connectivity index (χ3n) is 4.62. The molecule has 8 heteroatoms. The lowest BCUT2D eigenvalue weighted by Gasteiger charge is -2.31. The third kappa shape index (κ3) is 8.86. The van der Waals surface area contributed by atoms with E-state index >= 15 is 0 Å². The van der Waals surface area contributed by atoms with Gasteiger partial charge in [-0.1, -0.05) is 40.9 Å². The molecule has 2 aromatic carbocycles. The van der Waals surface area contributed by atoms with E-state index in [1.54, 1.807) is 35.7 Å². The van der Waals surface area contributed by atoms with Gasteiger partial charge < -0.3 is 10.2 Å². The maximum absolute atomic E-state index is 13.1. The van der Waals surface area contributed by atoms with Crippen LogP contribution in [0.2, 0.25) is 15.1 Å². The van der Waals surface area contributed by atoms with Crippen molar-refractivity contribution in [3.8, 4) is 0 Å². The van der Waals surface area contributed by atoms with Crippen molar-refractivity contribution >= 4 is 58.4 Å². The number of hydrogen-bond donors (Lipinski definition) is 1. The molecule has 0 saturated carbocycles. The first-order valence-corrected chi connectivity index (χ1v) is 12.5. The van der Waals surface area contributed by atoms with Crippen LogP contribution in [0, 0.1) is 0 Å². The predicted octanol–water partition coefficient (Wildman–Crippen LogP) is 6.85. The van der Waals surface area contributed by atoms with Crippen molar-refractivity contribution in [1.82, 2.24) is 10.2 Å². The molecule has 0 saturated heterocycles. The maximum atomic E-state index is 13.1. The van der Waals surface area contributed by atoms with Gasteiger partial charge in [-0.3, -0.25) is 9.59 Å². The van der Waals surface area contributed by atoms with E-state index < -0.39 is 11.6 Å². The van der Waals surface area contributed by atoms with Crippen molar-refractivity contribution in [2.45, 2.75) is 63.6 Å². The fraction of sp³-hybridized carbons (Fsp3) is 0.417. The SMILES string of the molecule is C[C@H](C(=O)NC(C)(C)C)N(Cc1ccc(Cl)c(Cl)c1)C(=O)CCCSc1ccc(Cl)cc1. The van der Waals surface area contributed by atoms with Gasteiger partial charge >= 0.3 is 0 Å². The van der Waals surface area contributed by atoms with Crippen molar-refractivity contribution in [3.05, 3.63) is 63.1 Å². The predicted molar refractivity (Wildman–Crippen MR) is 136 cm³/mol. The van der Waals surface area contributed by atoms with Crippen LogP contribution in [0.5, 0.6) is 0 Å². The van der Waals surface area contributed by atoms with Crippen LogP contribution in [0.3, 0.4) is 0 Å². The normalized spacial score (nSPS) is 12.3. The first-order chi connectivity index (χ1) is 15.0. The molecule has 2 aromatic rings. The van der Waals surface area contributed by atoms with Crippen LogP contribution in [0.1, 0.15) is 46.1 Å². The summed E-state index contributed by atoms with van der Waals surface area (Å²) in [5, 5.41) is 4.53. The minimum absolute atomic E-state index is 0.0793. The number of carbonyl (C=O) groups excluding carboxylic acids is 2. The summed E-state index contributed by atoms with van der Waals surface area (Å²) < 4.78 is 0. The number of hydrogen-bond acceptors (Lipinski definition) is 3. The summed E-state index contributed by atoms with van der Waals surface area (Å²) in [6.45, 7) is 7.77. The van der Waals surface area contributed by atoms with Gasteiger partial charge in [0, 0.05) is 28.4 Å². The molecule has 4 nitrogen and oxygen atoms in total. The minimum Gasteiger partial charge on any atom is -0.350 e. The van der Waals surface area contributed by atoms with E-state index in [1.807, 2.05) is 51.1 Å². The van der Waals surface area contributed by atoms with E-state index in [4.69, 9.17) is 34.8 Å². The van der Waals surface area contributed by atoms with Crippen molar-refractivity contribution in [3.63, 3.8) is 0 Å². The second-order valence-corrected chi connectivity index (χ2v) is 11.0. The molecular weight excluding hydrogens is 487 g/mol. The van der Waals surface area contributed by atoms with Crippen LogP contribution in [0.4, 0.5) is 0 Å². The lowest BCUT2D eigenvalue weighted by atomic mass is 10.1. The summed E-state index contributed by atoms with van der Waals surface area (Å²) in [7, 11) is 0. The lowest BCUT2D eigenvalue weighted by Crippen LogP contribution is -2.52. The highest BCUT2D eigenvalue weighted by Gasteiger charge is 2.28. The molecule has 0 fully saturated rings. The molecule has 0 aliphatic heterocycles. The number of nitrogens with one attached hydrogen (secondary N) is 1. The van der Waals surface area contributed by atoms with Crippen LogP contribution in [0.25, 0.3) is 0 Å². The first kappa shape index (κ1) is 26.8. The van der Waals surface area contributed by atoms with Gasteiger partial charge in [0.25, 0.3) is 0 Å². The molecule has 0 bridgehead atoms. The van der Waals surface area contributed by atoms with E-state index in [2.05, 4.69) is 5.32 Å². The Bertz CT molecular complexity index is 930. The van der Waals surface area contributed by atoms with Crippen LogP contribution in [0.15, 0.2) is 47.4 Å². The van der Waals surface area contributed by atoms with Gasteiger partial charge in [-0.05, 0) is 81.8 Å². The molecule has 0 radical (unpaired) electrons. The van der Waals surface area contributed by atoms with Gasteiger partial charge in [-0.15, -0.1) is 11.8 Å². The fourth-order valence-corrected chi connectivity index (χ4v) is 4.28. The molecule has 1 atom stereocenters. The topological polar surface area (TPSA) is 49.4 Å². The summed E-state index contributed by atoms with van der Waals surface area (Å²) in [6.07, 6.45) is 1.03. The number of amides is 2. The number of rotatable bonds is 9. The molecule has 0 aliphatic carbocycles. The zero-order valence-corrected chi connectivity index (χ0v) is 21.8. The Labute approximate surface area is 210 Å². The quantitative estimate of drug-likeness (QED) is 0.293. The van der Waals surface area contributed by atoms with E-state index in [0.717, 1.165) is 16.2 Å². The smallest absolute Gasteiger partial charge is 0.242 e. The second kappa shape index (κ2) is 12.2. The van der Waals surface area contributed by atoms with Crippen LogP contribution >= 0.6 is 46.6 Å². The standard InChI is InChI=1S/C24H29Cl3N2O2S/c1-16(23(31)28-24(2,3)4)29(15-17-7-12-20(26)21(27)14-17)22(30)6-5-13-32-19-10-8-18(25)9-11-19/h7-12,14,16H,5-6,13,15H2,1-4H3,(H,28,31)/t16-/m1/s1. The number of halogens is 3. The Morgan fingerprint density at radius 3 is 2.28 bits per heavy atom. The molecule has 0 aliphatic rings. The number of nitrogens with zero attached hydrogens (tertiary/aromatic N) is 1. The average molecular weight is 516 g/mol. The highest BCUT2D eigenvalue weighted by atomic mass is 35.5. The highest BCUT2D eigenvalue weighted by Crippen LogP contribution is 2.25. The van der Waals surface area contributed by atoms with E-state index in [9.17, 15) is 9.59 Å². The highest BCUT2D eigenvalue weighted by molar-refractivity contribution is 7.99. The van der Waals surface area contributed by atoms with Crippen LogP contribution in [-0.2, 0) is 16.1 Å². The van der Waals surface area contributed by atoms with Gasteiger partial charge in [0.05, 0.1) is 10.0 Å². The number of benzene rings is 2. The summed E-state index contributed by atoms with van der Waals surface area (Å²) in [4.78, 5) is 28.6. The summed E-state index contributed by atoms with van der Waals surface area (Å²) in [5.74, 6) is 0.516. The largest absolute Gasteiger partial charge is 0.350 e. The average Bonchev–Trinajstić information content (AvgIpc) is 2.71. The van der Waals surface area contributed by atoms with Crippen molar-refractivity contribution < 1.29 is 9.59 Å². The van der Waals surface area contributed by atoms with E-state index in [0.29, 0.717) is 27.9 Å². The Morgan fingerprint density at radius 2 is 1.69 bits per heavy atom. The molecule has 32 heavy (non-hydrogen) atoms. The first-order valence-electron chi connectivity index (χ1n) is 10.4. The number of thioether (sulfide) groups is 1. The molecule has 0 unspecified atom stereocenters. The van der Waals surface area contributed by atoms with Gasteiger partial charge in [0.15, 0.2) is 0 Å². The summed E-state index contributed by atoms with van der Waals surface area (Å²) in [6, 6.07) is 12.3. The zero-order valence-electron chi connectivity index (χ0n) is 18.8. The van der Waals surface area contributed by atoms with Crippen LogP contribution in [-0.4, -0.2) is 34.0 Å². The van der Waals surface area contributed by atoms with Crippen molar-refractivity contribution in [1.29, 1.82) is 0 Å². The molecule has 0 aromatic heterocycles. The third-order valence-corrected chi connectivity index (χ3v) is 6.71. The van der Waals surface area contributed by atoms with Crippen molar-refractivity contribution in [2.24, 2.45) is 0 Å². The lowest BCUT2D eigenvalue weighted by molar-refractivity contribution is -0.141. The molecule has 2 amide bonds. The zero-order chi connectivity index (χ0) is 23.9. The second-order valence-electron chi connectivity index (χ2n) is 8.59. The Morgan fingerprint density at radius 1 is 1.03 bits per heavy atom. The van der Waals surface area contributed by atoms with Crippen molar-refractivity contribution in [2.75, 3.05) is 5.75 Å². The maximum Gasteiger partial charge on any atom is 0.242 e. The Kier molecular flexibility index (Phi) is 10.2. The van der Waals surface area contributed by atoms with Gasteiger partial charge in [-0.2, -0.15) is 0 Å². The molecule has 1 N–H and O–H groups in total. The molecule has 0 spiro atoms. The monoisotopic (exact) mass is 514 g/mol. The molecule has 0 heterocycles. The van der Waals surface area contributed by atoms with E-state index in [1.165, 1.54) is 0 Å². The van der Waals surface area contributed by atoms with Gasteiger partial charge in [-0.25, -0.2) is 0 Å². The van der Waals surface area contributed by atoms with Gasteiger partial charge in [0.1, 0.15) is 6.04 Å². The van der Waals surface area contributed by atoms with Gasteiger partial charge in [0.2, 0.25) is 11.8 Å². The number of carbonyl (C=O) groups is 2. The molecule has 174 valence electrons. The summed E-state index contributed by atoms with van der Waals surface area (Å²) in [5.41, 5.74) is 0.428. The Hall–Kier alpha value is -1.40. The van der Waals surface area contributed by atoms with Crippen LogP contribution < -0.4 is 5.32 Å². The molecular formula is C24H29Cl3N2O2S. The van der Waals surface area contributed by atoms with E-state index in [-0.39, 0.29) is 18.4 Å². The fourth-order valence-electron chi connectivity index (χ4n) is 2.98. The molecule has 2 rings (SSSR count). The Balaban J connectivity index is 2.05. The summed E-state index contributed by atoms with van der Waals surface area (Å²) >= 11 is 19.8. The minimum atomic E-state index is -0.625.